The van der Waals surface area contributed by atoms with Gasteiger partial charge in [-0.2, -0.15) is 0 Å². The summed E-state index contributed by atoms with van der Waals surface area (Å²) in [5.74, 6) is 0. The molecule has 0 aromatic rings. The quantitative estimate of drug-likeness (QED) is 0.132. The van der Waals surface area contributed by atoms with Crippen molar-refractivity contribution in [2.24, 2.45) is 0 Å². The van der Waals surface area contributed by atoms with Crippen LogP contribution in [-0.2, 0) is 18.9 Å². The van der Waals surface area contributed by atoms with Crippen molar-refractivity contribution in [1.29, 1.82) is 0 Å². The third kappa shape index (κ3) is 5.84. The van der Waals surface area contributed by atoms with Crippen molar-refractivity contribution >= 4 is 11.8 Å². The Morgan fingerprint density at radius 1 is 0.743 bits per heavy atom. The lowest BCUT2D eigenvalue weighted by Gasteiger charge is -2.45. The van der Waals surface area contributed by atoms with E-state index in [9.17, 15) is 51.1 Å². The average molecular weight is 531 g/mol. The molecule has 2 fully saturated rings. The molecule has 2 heterocycles. The number of hydrogen-bond acceptors (Lipinski definition) is 15. The van der Waals surface area contributed by atoms with Crippen LogP contribution in [0.25, 0.3) is 0 Å². The van der Waals surface area contributed by atoms with Gasteiger partial charge in [0, 0.05) is 7.11 Å². The van der Waals surface area contributed by atoms with Gasteiger partial charge >= 0.3 is 0 Å². The molecular weight excluding hydrogens is 496 g/mol. The second-order valence-electron chi connectivity index (χ2n) is 8.64. The fourth-order valence-electron chi connectivity index (χ4n) is 4.35. The van der Waals surface area contributed by atoms with Gasteiger partial charge in [-0.15, -0.1) is 11.8 Å². The molecule has 15 heteroatoms. The van der Waals surface area contributed by atoms with Gasteiger partial charge in [-0.3, -0.25) is 0 Å². The van der Waals surface area contributed by atoms with Crippen LogP contribution in [0.2, 0.25) is 0 Å². The van der Waals surface area contributed by atoms with Gasteiger partial charge in [-0.05, 0) is 5.57 Å². The minimum absolute atomic E-state index is 0.0688. The minimum Gasteiger partial charge on any atom is -0.394 e. The van der Waals surface area contributed by atoms with Crippen molar-refractivity contribution < 1.29 is 70.0 Å². The second kappa shape index (κ2) is 12.4. The van der Waals surface area contributed by atoms with E-state index in [4.69, 9.17) is 18.9 Å². The molecule has 0 saturated carbocycles. The van der Waals surface area contributed by atoms with Crippen LogP contribution in [0, 0.1) is 0 Å². The first-order chi connectivity index (χ1) is 16.6. The highest BCUT2D eigenvalue weighted by molar-refractivity contribution is 8.00. The fourth-order valence-corrected chi connectivity index (χ4v) is 5.93. The van der Waals surface area contributed by atoms with E-state index in [-0.39, 0.29) is 5.57 Å². The molecule has 0 spiro atoms. The smallest absolute Gasteiger partial charge is 0.187 e. The van der Waals surface area contributed by atoms with E-state index in [1.54, 1.807) is 0 Å². The molecule has 10 N–H and O–H groups in total. The SMILES string of the molecule is CO[C@@H]1O[C@H](CO)[C@@H](SC2C=C(CO)[C@@H](O[C@@H]3O[C@H](CO)[C@@H](O)[C@H](O)[C@H]3O)[C@H](O)[C@H]2O)[C@H](O)[C@H]1O. The second-order valence-corrected chi connectivity index (χ2v) is 10.0. The van der Waals surface area contributed by atoms with Crippen molar-refractivity contribution in [3.8, 4) is 0 Å². The zero-order valence-corrected chi connectivity index (χ0v) is 19.6. The monoisotopic (exact) mass is 530 g/mol. The van der Waals surface area contributed by atoms with Crippen LogP contribution in [-0.4, -0.2) is 162 Å². The van der Waals surface area contributed by atoms with Crippen molar-refractivity contribution in [3.05, 3.63) is 11.6 Å². The average Bonchev–Trinajstić information content (AvgIpc) is 2.86. The van der Waals surface area contributed by atoms with Crippen LogP contribution < -0.4 is 0 Å². The Kier molecular flexibility index (Phi) is 10.3. The lowest BCUT2D eigenvalue weighted by Crippen LogP contribution is -2.61. The zero-order valence-electron chi connectivity index (χ0n) is 18.8. The molecule has 2 aliphatic heterocycles. The Balaban J connectivity index is 1.78. The van der Waals surface area contributed by atoms with Gasteiger partial charge in [-0.1, -0.05) is 6.08 Å². The van der Waals surface area contributed by atoms with Gasteiger partial charge in [0.2, 0.25) is 0 Å². The lowest BCUT2D eigenvalue weighted by molar-refractivity contribution is -0.316. The van der Waals surface area contributed by atoms with E-state index in [0.717, 1.165) is 11.8 Å². The van der Waals surface area contributed by atoms with Gasteiger partial charge in [-0.25, -0.2) is 0 Å². The number of methoxy groups -OCH3 is 1. The number of hydrogen-bond donors (Lipinski definition) is 10. The van der Waals surface area contributed by atoms with Crippen molar-refractivity contribution in [3.63, 3.8) is 0 Å². The summed E-state index contributed by atoms with van der Waals surface area (Å²) < 4.78 is 21.2. The fraction of sp³-hybridized carbons (Fsp3) is 0.900. The van der Waals surface area contributed by atoms with Gasteiger partial charge in [0.1, 0.15) is 42.7 Å². The molecule has 14 nitrogen and oxygen atoms in total. The van der Waals surface area contributed by atoms with Gasteiger partial charge < -0.3 is 70.0 Å². The molecular formula is C20H34O14S. The summed E-state index contributed by atoms with van der Waals surface area (Å²) in [6.45, 7) is -1.88. The van der Waals surface area contributed by atoms with E-state index in [1.807, 2.05) is 0 Å². The third-order valence-corrected chi connectivity index (χ3v) is 8.05. The summed E-state index contributed by atoms with van der Waals surface area (Å²) in [4.78, 5) is 0. The summed E-state index contributed by atoms with van der Waals surface area (Å²) in [6.07, 6.45) is -16.3. The molecule has 3 rings (SSSR count). The number of ether oxygens (including phenoxy) is 4. The van der Waals surface area contributed by atoms with Crippen molar-refractivity contribution in [2.45, 2.75) is 84.1 Å². The maximum Gasteiger partial charge on any atom is 0.187 e. The zero-order chi connectivity index (χ0) is 26.0. The van der Waals surface area contributed by atoms with Gasteiger partial charge in [0.15, 0.2) is 12.6 Å². The highest BCUT2D eigenvalue weighted by Gasteiger charge is 2.50. The highest BCUT2D eigenvalue weighted by atomic mass is 32.2. The summed E-state index contributed by atoms with van der Waals surface area (Å²) in [5, 5.41) is 99.4. The topological polar surface area (TPSA) is 239 Å². The van der Waals surface area contributed by atoms with Crippen LogP contribution in [0.4, 0.5) is 0 Å². The third-order valence-electron chi connectivity index (χ3n) is 6.42. The van der Waals surface area contributed by atoms with Gasteiger partial charge in [0.05, 0.1) is 48.6 Å². The Hall–Kier alpha value is -0.470. The molecule has 35 heavy (non-hydrogen) atoms. The predicted octanol–water partition coefficient (Wildman–Crippen LogP) is -5.62. The molecule has 0 aromatic carbocycles. The minimum atomic E-state index is -1.76. The summed E-state index contributed by atoms with van der Waals surface area (Å²) >= 11 is 0.893. The van der Waals surface area contributed by atoms with E-state index in [1.165, 1.54) is 13.2 Å². The van der Waals surface area contributed by atoms with E-state index in [0.29, 0.717) is 0 Å². The number of thioether (sulfide) groups is 1. The summed E-state index contributed by atoms with van der Waals surface area (Å²) in [7, 11) is 1.26. The summed E-state index contributed by atoms with van der Waals surface area (Å²) in [6, 6.07) is 0. The highest BCUT2D eigenvalue weighted by Crippen LogP contribution is 2.39. The van der Waals surface area contributed by atoms with Crippen LogP contribution >= 0.6 is 11.8 Å². The van der Waals surface area contributed by atoms with Gasteiger partial charge in [0.25, 0.3) is 0 Å². The molecule has 1 unspecified atom stereocenters. The number of rotatable bonds is 8. The van der Waals surface area contributed by atoms with Crippen LogP contribution in [0.5, 0.6) is 0 Å². The Bertz CT molecular complexity index is 709. The maximum absolute atomic E-state index is 10.8. The normalized spacial score (nSPS) is 49.1. The van der Waals surface area contributed by atoms with E-state index in [2.05, 4.69) is 0 Å². The lowest BCUT2D eigenvalue weighted by atomic mass is 9.91. The van der Waals surface area contributed by atoms with Crippen molar-refractivity contribution in [2.75, 3.05) is 26.9 Å². The number of aliphatic hydroxyl groups excluding tert-OH is 10. The van der Waals surface area contributed by atoms with Crippen LogP contribution in [0.3, 0.4) is 0 Å². The molecule has 0 bridgehead atoms. The maximum atomic E-state index is 10.8. The first-order valence-corrected chi connectivity index (χ1v) is 12.0. The standard InChI is InChI=1S/C20H34O14S/c1-31-19-16(30)14(28)18(8(5-23)33-19)35-9-2-6(3-21)17(13(27)11(9)25)34-20-15(29)12(26)10(24)7(4-22)32-20/h2,7-30H,3-5H2,1H3/t7-,8-,9?,10-,11+,12+,13-,14-,15-,16-,17-,18-,19-,20+/m1/s1. The molecule has 3 aliphatic rings. The first kappa shape index (κ1) is 29.1. The molecule has 204 valence electrons. The Morgan fingerprint density at radius 3 is 1.91 bits per heavy atom. The molecule has 0 amide bonds. The molecule has 14 atom stereocenters. The predicted molar refractivity (Wildman–Crippen MR) is 116 cm³/mol. The molecule has 0 radical (unpaired) electrons. The number of aliphatic hydroxyl groups is 10. The molecule has 0 aromatic heterocycles. The van der Waals surface area contributed by atoms with Crippen molar-refractivity contribution in [1.82, 2.24) is 0 Å². The Morgan fingerprint density at radius 2 is 1.34 bits per heavy atom. The Labute approximate surface area is 204 Å². The van der Waals surface area contributed by atoms with E-state index < -0.39 is 104 Å². The first-order valence-electron chi connectivity index (χ1n) is 11.0. The molecule has 2 saturated heterocycles. The summed E-state index contributed by atoms with van der Waals surface area (Å²) in [5.41, 5.74) is 0.0688. The largest absolute Gasteiger partial charge is 0.394 e. The molecule has 1 aliphatic carbocycles. The van der Waals surface area contributed by atoms with E-state index >= 15 is 0 Å². The van der Waals surface area contributed by atoms with Crippen LogP contribution in [0.15, 0.2) is 11.6 Å². The van der Waals surface area contributed by atoms with Crippen LogP contribution in [0.1, 0.15) is 0 Å².